The summed E-state index contributed by atoms with van der Waals surface area (Å²) in [5.74, 6) is -0.150. The molecule has 0 saturated heterocycles. The van der Waals surface area contributed by atoms with E-state index in [4.69, 9.17) is 10.00 Å². The molecule has 0 aliphatic rings. The second kappa shape index (κ2) is 4.50. The number of hydrogen-bond donors (Lipinski definition) is 0. The summed E-state index contributed by atoms with van der Waals surface area (Å²) in [6.45, 7) is 0. The molecule has 0 bridgehead atoms. The van der Waals surface area contributed by atoms with Crippen molar-refractivity contribution in [3.8, 4) is 11.8 Å². The Hall–Kier alpha value is -0.970. The van der Waals surface area contributed by atoms with Gasteiger partial charge in [-0.3, -0.25) is 0 Å². The number of rotatable bonds is 2. The van der Waals surface area contributed by atoms with Crippen molar-refractivity contribution in [2.24, 2.45) is 0 Å². The van der Waals surface area contributed by atoms with Gasteiger partial charge in [-0.15, -0.1) is 0 Å². The van der Waals surface area contributed by atoms with Gasteiger partial charge >= 0.3 is 0 Å². The maximum absolute atomic E-state index is 12.5. The van der Waals surface area contributed by atoms with Crippen LogP contribution in [0.5, 0.6) is 5.75 Å². The SMILES string of the molecule is COc1c(C(F)F)cc(I)nc1C#N. The van der Waals surface area contributed by atoms with Crippen molar-refractivity contribution in [2.75, 3.05) is 7.11 Å². The number of nitriles is 1. The highest BCUT2D eigenvalue weighted by molar-refractivity contribution is 14.1. The maximum Gasteiger partial charge on any atom is 0.267 e. The van der Waals surface area contributed by atoms with Gasteiger partial charge in [0.25, 0.3) is 6.43 Å². The van der Waals surface area contributed by atoms with Crippen LogP contribution in [0.25, 0.3) is 0 Å². The minimum atomic E-state index is -2.67. The van der Waals surface area contributed by atoms with Gasteiger partial charge in [-0.25, -0.2) is 13.8 Å². The Morgan fingerprint density at radius 3 is 2.71 bits per heavy atom. The quantitative estimate of drug-likeness (QED) is 0.623. The third-order valence-electron chi connectivity index (χ3n) is 1.52. The molecule has 0 N–H and O–H groups in total. The predicted octanol–water partition coefficient (Wildman–Crippen LogP) is 2.50. The third kappa shape index (κ3) is 2.09. The Labute approximate surface area is 92.8 Å². The molecule has 1 rings (SSSR count). The molecule has 0 atom stereocenters. The fraction of sp³-hybridized carbons (Fsp3) is 0.250. The summed E-state index contributed by atoms with van der Waals surface area (Å²) in [5, 5.41) is 8.64. The molecule has 0 amide bonds. The zero-order valence-electron chi connectivity index (χ0n) is 7.09. The van der Waals surface area contributed by atoms with E-state index in [1.54, 1.807) is 28.7 Å². The number of alkyl halides is 2. The van der Waals surface area contributed by atoms with Crippen molar-refractivity contribution >= 4 is 22.6 Å². The Balaban J connectivity index is 3.41. The number of nitrogens with zero attached hydrogens (tertiary/aromatic N) is 2. The number of aromatic nitrogens is 1. The van der Waals surface area contributed by atoms with Crippen LogP contribution in [0.15, 0.2) is 6.07 Å². The summed E-state index contributed by atoms with van der Waals surface area (Å²) in [5.41, 5.74) is -0.418. The lowest BCUT2D eigenvalue weighted by Gasteiger charge is -2.08. The van der Waals surface area contributed by atoms with Crippen molar-refractivity contribution in [1.82, 2.24) is 4.98 Å². The van der Waals surface area contributed by atoms with E-state index in [1.807, 2.05) is 0 Å². The van der Waals surface area contributed by atoms with Crippen molar-refractivity contribution < 1.29 is 13.5 Å². The first kappa shape index (κ1) is 11.1. The number of methoxy groups -OCH3 is 1. The predicted molar refractivity (Wildman–Crippen MR) is 53.2 cm³/mol. The van der Waals surface area contributed by atoms with Crippen LogP contribution in [-0.2, 0) is 0 Å². The van der Waals surface area contributed by atoms with E-state index in [-0.39, 0.29) is 17.0 Å². The van der Waals surface area contributed by atoms with E-state index in [1.165, 1.54) is 13.2 Å². The third-order valence-corrected chi connectivity index (χ3v) is 2.07. The fourth-order valence-electron chi connectivity index (χ4n) is 0.973. The highest BCUT2D eigenvalue weighted by Gasteiger charge is 2.19. The summed E-state index contributed by atoms with van der Waals surface area (Å²) >= 11 is 1.77. The van der Waals surface area contributed by atoms with Crippen molar-refractivity contribution in [1.29, 1.82) is 5.26 Å². The molecule has 0 aliphatic carbocycles. The monoisotopic (exact) mass is 310 g/mol. The molecule has 6 heteroatoms. The summed E-state index contributed by atoms with van der Waals surface area (Å²) in [7, 11) is 1.23. The van der Waals surface area contributed by atoms with Gasteiger partial charge in [0.05, 0.1) is 12.7 Å². The number of hydrogen-bond acceptors (Lipinski definition) is 3. The van der Waals surface area contributed by atoms with Crippen LogP contribution in [0.2, 0.25) is 0 Å². The van der Waals surface area contributed by atoms with Crippen molar-refractivity contribution in [2.45, 2.75) is 6.43 Å². The van der Waals surface area contributed by atoms with Gasteiger partial charge in [0.15, 0.2) is 11.4 Å². The van der Waals surface area contributed by atoms with Gasteiger partial charge in [-0.2, -0.15) is 5.26 Å². The lowest BCUT2D eigenvalue weighted by Crippen LogP contribution is -2.00. The Bertz CT molecular complexity index is 390. The number of halogens is 3. The molecular formula is C8H5F2IN2O. The highest BCUT2D eigenvalue weighted by atomic mass is 127. The standard InChI is InChI=1S/C8H5F2IN2O/c1-14-7-4(8(9)10)2-6(11)13-5(7)3-12/h2,8H,1H3. The van der Waals surface area contributed by atoms with Gasteiger partial charge in [0.2, 0.25) is 0 Å². The smallest absolute Gasteiger partial charge is 0.267 e. The minimum absolute atomic E-state index is 0.116. The molecule has 0 aromatic carbocycles. The maximum atomic E-state index is 12.5. The molecule has 1 aromatic heterocycles. The van der Waals surface area contributed by atoms with Gasteiger partial charge in [0, 0.05) is 0 Å². The Morgan fingerprint density at radius 2 is 2.29 bits per heavy atom. The van der Waals surface area contributed by atoms with E-state index in [9.17, 15) is 8.78 Å². The summed E-state index contributed by atoms with van der Waals surface area (Å²) in [6, 6.07) is 2.91. The fourth-order valence-corrected chi connectivity index (χ4v) is 1.55. The van der Waals surface area contributed by atoms with Crippen molar-refractivity contribution in [3.05, 3.63) is 21.0 Å². The molecule has 0 saturated carbocycles. The van der Waals surface area contributed by atoms with E-state index in [0.29, 0.717) is 3.70 Å². The first-order chi connectivity index (χ1) is 6.60. The molecule has 3 nitrogen and oxygen atoms in total. The number of pyridine rings is 1. The largest absolute Gasteiger partial charge is 0.493 e. The number of ether oxygens (including phenoxy) is 1. The average Bonchev–Trinajstić information content (AvgIpc) is 2.16. The Kier molecular flexibility index (Phi) is 3.57. The molecule has 0 spiro atoms. The summed E-state index contributed by atoms with van der Waals surface area (Å²) in [4.78, 5) is 3.77. The molecule has 1 aromatic rings. The van der Waals surface area contributed by atoms with Crippen LogP contribution in [-0.4, -0.2) is 12.1 Å². The van der Waals surface area contributed by atoms with E-state index >= 15 is 0 Å². The van der Waals surface area contributed by atoms with Crippen LogP contribution < -0.4 is 4.74 Å². The van der Waals surface area contributed by atoms with Gasteiger partial charge in [-0.1, -0.05) is 0 Å². The lowest BCUT2D eigenvalue weighted by atomic mass is 10.2. The van der Waals surface area contributed by atoms with Crippen LogP contribution in [0, 0.1) is 15.0 Å². The van der Waals surface area contributed by atoms with Gasteiger partial charge in [0.1, 0.15) is 9.77 Å². The van der Waals surface area contributed by atoms with Gasteiger partial charge in [-0.05, 0) is 28.7 Å². The van der Waals surface area contributed by atoms with E-state index in [2.05, 4.69) is 4.98 Å². The molecule has 0 radical (unpaired) electrons. The lowest BCUT2D eigenvalue weighted by molar-refractivity contribution is 0.146. The first-order valence-corrected chi connectivity index (χ1v) is 4.60. The van der Waals surface area contributed by atoms with Crippen molar-refractivity contribution in [3.63, 3.8) is 0 Å². The van der Waals surface area contributed by atoms with Crippen LogP contribution in [0.1, 0.15) is 17.7 Å². The topological polar surface area (TPSA) is 45.9 Å². The van der Waals surface area contributed by atoms with Crippen LogP contribution in [0.4, 0.5) is 8.78 Å². The Morgan fingerprint density at radius 1 is 1.64 bits per heavy atom. The molecule has 0 fully saturated rings. The molecule has 74 valence electrons. The molecule has 1 heterocycles. The van der Waals surface area contributed by atoms with Crippen LogP contribution >= 0.6 is 22.6 Å². The van der Waals surface area contributed by atoms with E-state index < -0.39 is 6.43 Å². The second-order valence-electron chi connectivity index (χ2n) is 2.33. The normalized spacial score (nSPS) is 10.0. The minimum Gasteiger partial charge on any atom is -0.493 e. The summed E-state index contributed by atoms with van der Waals surface area (Å²) < 4.78 is 30.0. The van der Waals surface area contributed by atoms with Gasteiger partial charge < -0.3 is 4.74 Å². The van der Waals surface area contributed by atoms with Crippen LogP contribution in [0.3, 0.4) is 0 Å². The zero-order valence-corrected chi connectivity index (χ0v) is 9.25. The molecular weight excluding hydrogens is 305 g/mol. The molecule has 14 heavy (non-hydrogen) atoms. The second-order valence-corrected chi connectivity index (χ2v) is 3.43. The van der Waals surface area contributed by atoms with E-state index in [0.717, 1.165) is 0 Å². The summed E-state index contributed by atoms with van der Waals surface area (Å²) in [6.07, 6.45) is -2.67. The average molecular weight is 310 g/mol. The molecule has 0 aliphatic heterocycles. The molecule has 0 unspecified atom stereocenters. The first-order valence-electron chi connectivity index (χ1n) is 3.52. The highest BCUT2D eigenvalue weighted by Crippen LogP contribution is 2.31. The zero-order chi connectivity index (χ0) is 10.7.